The van der Waals surface area contributed by atoms with Crippen molar-refractivity contribution in [3.8, 4) is 5.69 Å². The number of benzene rings is 2. The molecule has 1 saturated heterocycles. The van der Waals surface area contributed by atoms with Crippen molar-refractivity contribution in [1.82, 2.24) is 14.8 Å². The van der Waals surface area contributed by atoms with E-state index >= 15 is 0 Å². The van der Waals surface area contributed by atoms with Crippen LogP contribution in [0.1, 0.15) is 28.8 Å². The summed E-state index contributed by atoms with van der Waals surface area (Å²) in [5.74, 6) is -0.622. The summed E-state index contributed by atoms with van der Waals surface area (Å²) in [6.45, 7) is 2.81. The number of likely N-dealkylation sites (tertiary alicyclic amines) is 1. The van der Waals surface area contributed by atoms with Gasteiger partial charge in [-0.2, -0.15) is 0 Å². The van der Waals surface area contributed by atoms with Crippen LogP contribution in [0.3, 0.4) is 0 Å². The summed E-state index contributed by atoms with van der Waals surface area (Å²) in [5.41, 5.74) is 2.36. The summed E-state index contributed by atoms with van der Waals surface area (Å²) in [7, 11) is 0. The number of hydrogen-bond acceptors (Lipinski definition) is 2. The van der Waals surface area contributed by atoms with E-state index < -0.39 is 5.82 Å². The van der Waals surface area contributed by atoms with Crippen molar-refractivity contribution in [1.29, 1.82) is 0 Å². The van der Waals surface area contributed by atoms with E-state index in [1.807, 2.05) is 35.2 Å². The van der Waals surface area contributed by atoms with Crippen LogP contribution < -0.4 is 5.32 Å². The van der Waals surface area contributed by atoms with Crippen molar-refractivity contribution in [3.05, 3.63) is 90.0 Å². The third kappa shape index (κ3) is 4.31. The molecule has 0 atom stereocenters. The van der Waals surface area contributed by atoms with Gasteiger partial charge in [-0.25, -0.2) is 4.39 Å². The lowest BCUT2D eigenvalue weighted by molar-refractivity contribution is 0.0908. The number of carbonyl (C=O) groups is 1. The Morgan fingerprint density at radius 3 is 2.43 bits per heavy atom. The minimum Gasteiger partial charge on any atom is -0.349 e. The van der Waals surface area contributed by atoms with Gasteiger partial charge in [-0.15, -0.1) is 0 Å². The fourth-order valence-corrected chi connectivity index (χ4v) is 3.75. The standard InChI is InChI=1S/C23H24FN3O/c24-19-8-9-22(27-12-4-5-13-27)21(16-19)23(28)25-20-10-14-26(15-11-20)17-18-6-2-1-3-7-18/h1-9,12-13,16,20H,10-11,14-15,17H2,(H,25,28). The zero-order valence-corrected chi connectivity index (χ0v) is 15.7. The van der Waals surface area contributed by atoms with Crippen LogP contribution in [-0.4, -0.2) is 34.5 Å². The SMILES string of the molecule is O=C(NC1CCN(Cc2ccccc2)CC1)c1cc(F)ccc1-n1cccc1. The highest BCUT2D eigenvalue weighted by Gasteiger charge is 2.22. The molecule has 1 aromatic heterocycles. The summed E-state index contributed by atoms with van der Waals surface area (Å²) < 4.78 is 15.6. The second kappa shape index (κ2) is 8.40. The molecule has 1 fully saturated rings. The number of aromatic nitrogens is 1. The normalized spacial score (nSPS) is 15.5. The Labute approximate surface area is 164 Å². The van der Waals surface area contributed by atoms with Gasteiger partial charge in [-0.3, -0.25) is 9.69 Å². The molecule has 28 heavy (non-hydrogen) atoms. The van der Waals surface area contributed by atoms with Crippen LogP contribution in [0.25, 0.3) is 5.69 Å². The maximum absolute atomic E-state index is 13.8. The lowest BCUT2D eigenvalue weighted by Gasteiger charge is -2.32. The van der Waals surface area contributed by atoms with Crippen molar-refractivity contribution in [3.63, 3.8) is 0 Å². The molecule has 4 rings (SSSR count). The average Bonchev–Trinajstić information content (AvgIpc) is 3.25. The molecule has 0 bridgehead atoms. The van der Waals surface area contributed by atoms with Crippen molar-refractivity contribution in [2.24, 2.45) is 0 Å². The number of nitrogens with zero attached hydrogens (tertiary/aromatic N) is 2. The Balaban J connectivity index is 1.38. The number of piperidine rings is 1. The minimum absolute atomic E-state index is 0.111. The first-order chi connectivity index (χ1) is 13.7. The Kier molecular flexibility index (Phi) is 5.53. The summed E-state index contributed by atoms with van der Waals surface area (Å²) in [6.07, 6.45) is 5.50. The molecule has 3 aromatic rings. The van der Waals surface area contributed by atoms with Gasteiger partial charge in [0.2, 0.25) is 0 Å². The zero-order valence-electron chi connectivity index (χ0n) is 15.7. The van der Waals surface area contributed by atoms with Gasteiger partial charge in [0.1, 0.15) is 5.82 Å². The summed E-state index contributed by atoms with van der Waals surface area (Å²) in [4.78, 5) is 15.3. The van der Waals surface area contributed by atoms with Crippen LogP contribution >= 0.6 is 0 Å². The average molecular weight is 377 g/mol. The fraction of sp³-hybridized carbons (Fsp3) is 0.261. The molecule has 0 spiro atoms. The molecule has 2 heterocycles. The summed E-state index contributed by atoms with van der Waals surface area (Å²) in [6, 6.07) is 18.6. The predicted molar refractivity (Wildman–Crippen MR) is 108 cm³/mol. The van der Waals surface area contributed by atoms with Gasteiger partial charge in [-0.1, -0.05) is 30.3 Å². The Bertz CT molecular complexity index is 916. The highest BCUT2D eigenvalue weighted by molar-refractivity contribution is 5.98. The van der Waals surface area contributed by atoms with Crippen LogP contribution in [0.4, 0.5) is 4.39 Å². The molecule has 1 aliphatic heterocycles. The van der Waals surface area contributed by atoms with Crippen LogP contribution in [0.2, 0.25) is 0 Å². The van der Waals surface area contributed by atoms with E-state index in [0.717, 1.165) is 32.5 Å². The van der Waals surface area contributed by atoms with Gasteiger partial charge in [0.05, 0.1) is 11.3 Å². The van der Waals surface area contributed by atoms with Gasteiger partial charge in [0.25, 0.3) is 5.91 Å². The predicted octanol–water partition coefficient (Wildman–Crippen LogP) is 4.01. The van der Waals surface area contributed by atoms with Gasteiger partial charge in [0.15, 0.2) is 0 Å². The molecule has 1 aliphatic rings. The van der Waals surface area contributed by atoms with Crippen LogP contribution in [0.15, 0.2) is 73.1 Å². The van der Waals surface area contributed by atoms with E-state index in [0.29, 0.717) is 11.3 Å². The Morgan fingerprint density at radius 1 is 1.00 bits per heavy atom. The van der Waals surface area contributed by atoms with Crippen LogP contribution in [0.5, 0.6) is 0 Å². The van der Waals surface area contributed by atoms with Crippen molar-refractivity contribution in [2.75, 3.05) is 13.1 Å². The number of amides is 1. The number of hydrogen-bond donors (Lipinski definition) is 1. The van der Waals surface area contributed by atoms with Gasteiger partial charge < -0.3 is 9.88 Å². The first-order valence-corrected chi connectivity index (χ1v) is 9.69. The maximum atomic E-state index is 13.8. The molecule has 1 N–H and O–H groups in total. The third-order valence-electron chi connectivity index (χ3n) is 5.26. The monoisotopic (exact) mass is 377 g/mol. The molecule has 0 unspecified atom stereocenters. The van der Waals surface area contributed by atoms with E-state index in [9.17, 15) is 9.18 Å². The lowest BCUT2D eigenvalue weighted by Crippen LogP contribution is -2.44. The zero-order chi connectivity index (χ0) is 19.3. The highest BCUT2D eigenvalue weighted by atomic mass is 19.1. The Hall–Kier alpha value is -2.92. The fourth-order valence-electron chi connectivity index (χ4n) is 3.75. The number of carbonyl (C=O) groups excluding carboxylic acids is 1. The second-order valence-corrected chi connectivity index (χ2v) is 7.26. The topological polar surface area (TPSA) is 37.3 Å². The quantitative estimate of drug-likeness (QED) is 0.729. The second-order valence-electron chi connectivity index (χ2n) is 7.26. The van der Waals surface area contributed by atoms with Gasteiger partial charge >= 0.3 is 0 Å². The molecule has 5 heteroatoms. The summed E-state index contributed by atoms with van der Waals surface area (Å²) in [5, 5.41) is 3.10. The van der Waals surface area contributed by atoms with E-state index in [1.54, 1.807) is 6.07 Å². The van der Waals surface area contributed by atoms with E-state index in [1.165, 1.54) is 17.7 Å². The molecule has 144 valence electrons. The first kappa shape index (κ1) is 18.4. The van der Waals surface area contributed by atoms with E-state index in [-0.39, 0.29) is 11.9 Å². The molecule has 1 amide bonds. The van der Waals surface area contributed by atoms with Crippen LogP contribution in [-0.2, 0) is 6.54 Å². The molecular formula is C23H24FN3O. The Morgan fingerprint density at radius 2 is 1.71 bits per heavy atom. The molecule has 0 aliphatic carbocycles. The molecular weight excluding hydrogens is 353 g/mol. The van der Waals surface area contributed by atoms with Crippen molar-refractivity contribution < 1.29 is 9.18 Å². The van der Waals surface area contributed by atoms with Crippen LogP contribution in [0, 0.1) is 5.82 Å². The number of rotatable bonds is 5. The molecule has 2 aromatic carbocycles. The highest BCUT2D eigenvalue weighted by Crippen LogP contribution is 2.19. The molecule has 0 saturated carbocycles. The number of nitrogens with one attached hydrogen (secondary N) is 1. The van der Waals surface area contributed by atoms with E-state index in [2.05, 4.69) is 34.5 Å². The third-order valence-corrected chi connectivity index (χ3v) is 5.26. The van der Waals surface area contributed by atoms with Crippen molar-refractivity contribution in [2.45, 2.75) is 25.4 Å². The smallest absolute Gasteiger partial charge is 0.253 e. The van der Waals surface area contributed by atoms with Gasteiger partial charge in [-0.05, 0) is 48.7 Å². The summed E-state index contributed by atoms with van der Waals surface area (Å²) >= 11 is 0. The first-order valence-electron chi connectivity index (χ1n) is 9.69. The minimum atomic E-state index is -0.404. The molecule has 0 radical (unpaired) electrons. The molecule has 4 nitrogen and oxygen atoms in total. The van der Waals surface area contributed by atoms with E-state index in [4.69, 9.17) is 0 Å². The van der Waals surface area contributed by atoms with Crippen molar-refractivity contribution >= 4 is 5.91 Å². The maximum Gasteiger partial charge on any atom is 0.253 e. The lowest BCUT2D eigenvalue weighted by atomic mass is 10.0. The largest absolute Gasteiger partial charge is 0.349 e. The number of halogens is 1. The van der Waals surface area contributed by atoms with Gasteiger partial charge in [0, 0.05) is 38.1 Å².